The number of rotatable bonds is 0. The number of carbonyl (C=O) groups is 1. The smallest absolute Gasteiger partial charge is 0.417 e. The van der Waals surface area contributed by atoms with Crippen molar-refractivity contribution in [1.29, 1.82) is 0 Å². The van der Waals surface area contributed by atoms with Crippen molar-refractivity contribution in [2.24, 2.45) is 0 Å². The molecule has 2 heterocycles. The van der Waals surface area contributed by atoms with Gasteiger partial charge in [-0.15, -0.1) is 11.6 Å². The topological polar surface area (TPSA) is 38.8 Å². The van der Waals surface area contributed by atoms with Crippen molar-refractivity contribution in [2.75, 3.05) is 11.5 Å². The van der Waals surface area contributed by atoms with Crippen LogP contribution in [0.4, 0.5) is 10.5 Å². The highest BCUT2D eigenvalue weighted by Gasteiger charge is 2.56. The van der Waals surface area contributed by atoms with E-state index < -0.39 is 22.8 Å². The number of ether oxygens (including phenoxy) is 2. The Kier molecular flexibility index (Phi) is 2.99. The zero-order valence-electron chi connectivity index (χ0n) is 11.9. The van der Waals surface area contributed by atoms with Crippen LogP contribution in [0.3, 0.4) is 0 Å². The summed E-state index contributed by atoms with van der Waals surface area (Å²) in [6, 6.07) is 7.65. The van der Waals surface area contributed by atoms with E-state index in [9.17, 15) is 4.79 Å². The van der Waals surface area contributed by atoms with Gasteiger partial charge in [0, 0.05) is 5.56 Å². The molecule has 3 rings (SSSR count). The van der Waals surface area contributed by atoms with Crippen LogP contribution >= 0.6 is 11.6 Å². The molecular weight excluding hydrogens is 278 g/mol. The first-order valence-electron chi connectivity index (χ1n) is 6.75. The maximum Gasteiger partial charge on any atom is 0.417 e. The number of para-hydroxylation sites is 1. The first-order valence-corrected chi connectivity index (χ1v) is 7.13. The molecule has 0 aliphatic carbocycles. The summed E-state index contributed by atoms with van der Waals surface area (Å²) in [6.07, 6.45) is -0.217. The molecule has 1 amide bonds. The Labute approximate surface area is 123 Å². The molecule has 0 saturated carbocycles. The summed E-state index contributed by atoms with van der Waals surface area (Å²) >= 11 is 6.73. The van der Waals surface area contributed by atoms with Gasteiger partial charge in [-0.2, -0.15) is 0 Å². The van der Waals surface area contributed by atoms with Gasteiger partial charge in [0.2, 0.25) is 0 Å². The van der Waals surface area contributed by atoms with E-state index in [1.54, 1.807) is 4.90 Å². The number of nitrogens with zero attached hydrogens (tertiary/aromatic N) is 1. The summed E-state index contributed by atoms with van der Waals surface area (Å²) in [5.41, 5.74) is 1.17. The van der Waals surface area contributed by atoms with Crippen molar-refractivity contribution in [3.8, 4) is 0 Å². The fourth-order valence-corrected chi connectivity index (χ4v) is 3.19. The molecule has 108 valence electrons. The van der Waals surface area contributed by atoms with Crippen LogP contribution in [0.2, 0.25) is 0 Å². The molecule has 0 N–H and O–H groups in total. The van der Waals surface area contributed by atoms with E-state index >= 15 is 0 Å². The first kappa shape index (κ1) is 13.7. The number of hydrogen-bond donors (Lipinski definition) is 0. The van der Waals surface area contributed by atoms with Crippen molar-refractivity contribution in [1.82, 2.24) is 0 Å². The van der Waals surface area contributed by atoms with Crippen LogP contribution in [0, 0.1) is 0 Å². The fraction of sp³-hybridized carbons (Fsp3) is 0.533. The number of fused-ring (bicyclic) bond motifs is 3. The highest BCUT2D eigenvalue weighted by molar-refractivity contribution is 6.26. The first-order chi connectivity index (χ1) is 9.33. The number of amides is 1. The van der Waals surface area contributed by atoms with Gasteiger partial charge in [0.05, 0.1) is 12.3 Å². The largest absolute Gasteiger partial charge is 0.443 e. The second-order valence-corrected chi connectivity index (χ2v) is 6.88. The van der Waals surface area contributed by atoms with E-state index in [1.807, 2.05) is 45.0 Å². The third kappa shape index (κ3) is 1.98. The minimum Gasteiger partial charge on any atom is -0.443 e. The van der Waals surface area contributed by atoms with Gasteiger partial charge >= 0.3 is 6.09 Å². The Morgan fingerprint density at radius 3 is 2.85 bits per heavy atom. The zero-order valence-corrected chi connectivity index (χ0v) is 12.6. The molecule has 1 aromatic carbocycles. The lowest BCUT2D eigenvalue weighted by atomic mass is 9.98. The third-order valence-corrected chi connectivity index (χ3v) is 4.15. The number of anilines is 1. The highest BCUT2D eigenvalue weighted by atomic mass is 35.5. The van der Waals surface area contributed by atoms with E-state index in [1.165, 1.54) is 0 Å². The van der Waals surface area contributed by atoms with Crippen molar-refractivity contribution < 1.29 is 14.3 Å². The molecular formula is C15H18ClNO3. The molecule has 4 nitrogen and oxygen atoms in total. The second-order valence-electron chi connectivity index (χ2n) is 6.20. The standard InChI is InChI=1S/C15H18ClNO3/c1-14(2,3)20-13(18)17-11-7-5-4-6-10(11)15(16)8-9-19-12(15)17/h4-7,12H,8-9H2,1-3H3/t12-,15+/m0/s1. The second kappa shape index (κ2) is 4.37. The minimum atomic E-state index is -0.659. The number of alkyl halides is 1. The molecule has 0 spiro atoms. The summed E-state index contributed by atoms with van der Waals surface area (Å²) in [6.45, 7) is 6.07. The third-order valence-electron chi connectivity index (χ3n) is 3.57. The molecule has 5 heteroatoms. The van der Waals surface area contributed by atoms with Gasteiger partial charge in [-0.25, -0.2) is 9.69 Å². The van der Waals surface area contributed by atoms with Crippen molar-refractivity contribution in [3.05, 3.63) is 29.8 Å². The average Bonchev–Trinajstić information content (AvgIpc) is 2.80. The maximum absolute atomic E-state index is 12.5. The van der Waals surface area contributed by atoms with E-state index in [4.69, 9.17) is 21.1 Å². The van der Waals surface area contributed by atoms with Gasteiger partial charge in [-0.05, 0) is 33.3 Å². The average molecular weight is 296 g/mol. The highest BCUT2D eigenvalue weighted by Crippen LogP contribution is 2.53. The van der Waals surface area contributed by atoms with E-state index in [0.29, 0.717) is 13.0 Å². The molecule has 1 saturated heterocycles. The molecule has 0 radical (unpaired) electrons. The summed E-state index contributed by atoms with van der Waals surface area (Å²) in [5, 5.41) is 0. The Morgan fingerprint density at radius 1 is 1.45 bits per heavy atom. The molecule has 20 heavy (non-hydrogen) atoms. The van der Waals surface area contributed by atoms with Crippen LogP contribution < -0.4 is 4.90 Å². The van der Waals surface area contributed by atoms with Crippen LogP contribution in [-0.2, 0) is 14.3 Å². The number of carbonyl (C=O) groups excluding carboxylic acids is 1. The lowest BCUT2D eigenvalue weighted by Crippen LogP contribution is -2.45. The van der Waals surface area contributed by atoms with Crippen LogP contribution in [0.1, 0.15) is 32.8 Å². The van der Waals surface area contributed by atoms with Crippen LogP contribution in [0.5, 0.6) is 0 Å². The van der Waals surface area contributed by atoms with Gasteiger partial charge in [0.15, 0.2) is 6.23 Å². The molecule has 2 aliphatic rings. The summed E-state index contributed by atoms with van der Waals surface area (Å²) in [5.74, 6) is 0. The van der Waals surface area contributed by atoms with E-state index in [2.05, 4.69) is 0 Å². The Bertz CT molecular complexity index is 554. The summed E-state index contributed by atoms with van der Waals surface area (Å²) < 4.78 is 11.2. The van der Waals surface area contributed by atoms with Gasteiger partial charge < -0.3 is 9.47 Å². The maximum atomic E-state index is 12.5. The monoisotopic (exact) mass is 295 g/mol. The quantitative estimate of drug-likeness (QED) is 0.686. The van der Waals surface area contributed by atoms with Gasteiger partial charge in [-0.1, -0.05) is 18.2 Å². The summed E-state index contributed by atoms with van der Waals surface area (Å²) in [7, 11) is 0. The van der Waals surface area contributed by atoms with Crippen LogP contribution in [0.15, 0.2) is 24.3 Å². The fourth-order valence-electron chi connectivity index (χ4n) is 2.79. The van der Waals surface area contributed by atoms with E-state index in [0.717, 1.165) is 11.3 Å². The zero-order chi connectivity index (χ0) is 14.5. The van der Waals surface area contributed by atoms with Gasteiger partial charge in [0.1, 0.15) is 10.5 Å². The number of benzene rings is 1. The molecule has 2 aliphatic heterocycles. The molecule has 2 atom stereocenters. The Hall–Kier alpha value is -1.26. The van der Waals surface area contributed by atoms with Crippen molar-refractivity contribution >= 4 is 23.4 Å². The lowest BCUT2D eigenvalue weighted by Gasteiger charge is -2.29. The predicted molar refractivity (Wildman–Crippen MR) is 77.0 cm³/mol. The van der Waals surface area contributed by atoms with Gasteiger partial charge in [-0.3, -0.25) is 0 Å². The molecule has 1 aromatic rings. The molecule has 0 bridgehead atoms. The van der Waals surface area contributed by atoms with Crippen LogP contribution in [-0.4, -0.2) is 24.5 Å². The summed E-state index contributed by atoms with van der Waals surface area (Å²) in [4.78, 5) is 13.4. The van der Waals surface area contributed by atoms with E-state index in [-0.39, 0.29) is 0 Å². The minimum absolute atomic E-state index is 0.417. The Balaban J connectivity index is 2.01. The SMILES string of the molecule is CC(C)(C)OC(=O)N1c2ccccc2[C@]2(Cl)CCO[C@H]12. The molecule has 1 fully saturated rings. The predicted octanol–water partition coefficient (Wildman–Crippen LogP) is 3.62. The van der Waals surface area contributed by atoms with Crippen molar-refractivity contribution in [2.45, 2.75) is 43.9 Å². The molecule has 0 unspecified atom stereocenters. The Morgan fingerprint density at radius 2 is 2.15 bits per heavy atom. The van der Waals surface area contributed by atoms with Crippen molar-refractivity contribution in [3.63, 3.8) is 0 Å². The normalized spacial score (nSPS) is 28.2. The number of halogens is 1. The molecule has 0 aromatic heterocycles. The van der Waals surface area contributed by atoms with Crippen LogP contribution in [0.25, 0.3) is 0 Å². The number of hydrogen-bond acceptors (Lipinski definition) is 3. The van der Waals surface area contributed by atoms with Gasteiger partial charge in [0.25, 0.3) is 0 Å². The lowest BCUT2D eigenvalue weighted by molar-refractivity contribution is 0.0405.